The number of carbonyl (C=O) groups excluding carboxylic acids is 1. The Hall–Kier alpha value is -2.09. The Labute approximate surface area is 67.6 Å². The number of primary amides is 1. The molecule has 60 valence electrons. The molecule has 1 aromatic heterocycles. The SMILES string of the molecule is NC(=O)C#Cc1cnc[nH]c1=O. The van der Waals surface area contributed by atoms with Crippen molar-refractivity contribution >= 4 is 5.91 Å². The summed E-state index contributed by atoms with van der Waals surface area (Å²) < 4.78 is 0. The molecule has 1 amide bonds. The van der Waals surface area contributed by atoms with Crippen molar-refractivity contribution in [2.45, 2.75) is 0 Å². The fourth-order valence-corrected chi connectivity index (χ4v) is 0.562. The van der Waals surface area contributed by atoms with E-state index in [1.54, 1.807) is 0 Å². The highest BCUT2D eigenvalue weighted by Gasteiger charge is 1.92. The summed E-state index contributed by atoms with van der Waals surface area (Å²) in [6.45, 7) is 0. The van der Waals surface area contributed by atoms with Gasteiger partial charge in [0.25, 0.3) is 11.5 Å². The largest absolute Gasteiger partial charge is 0.359 e. The third-order valence-electron chi connectivity index (χ3n) is 1.04. The second kappa shape index (κ2) is 3.34. The molecule has 0 unspecified atom stereocenters. The lowest BCUT2D eigenvalue weighted by Gasteiger charge is -1.84. The number of hydrogen-bond acceptors (Lipinski definition) is 3. The molecular formula is C7H5N3O2. The van der Waals surface area contributed by atoms with Crippen molar-refractivity contribution in [1.82, 2.24) is 9.97 Å². The van der Waals surface area contributed by atoms with Crippen LogP contribution < -0.4 is 11.3 Å². The minimum absolute atomic E-state index is 0.122. The molecule has 0 saturated heterocycles. The third-order valence-corrected chi connectivity index (χ3v) is 1.04. The fourth-order valence-electron chi connectivity index (χ4n) is 0.562. The maximum Gasteiger partial charge on any atom is 0.293 e. The van der Waals surface area contributed by atoms with Crippen LogP contribution in [0.3, 0.4) is 0 Å². The van der Waals surface area contributed by atoms with E-state index >= 15 is 0 Å². The first-order chi connectivity index (χ1) is 5.70. The van der Waals surface area contributed by atoms with Gasteiger partial charge in [-0.1, -0.05) is 0 Å². The lowest BCUT2D eigenvalue weighted by Crippen LogP contribution is -2.11. The summed E-state index contributed by atoms with van der Waals surface area (Å²) in [6, 6.07) is 0. The molecule has 0 atom stereocenters. The normalized spacial score (nSPS) is 8.33. The second-order valence-electron chi connectivity index (χ2n) is 1.91. The first-order valence-electron chi connectivity index (χ1n) is 3.04. The molecule has 0 aromatic carbocycles. The fraction of sp³-hybridized carbons (Fsp3) is 0. The van der Waals surface area contributed by atoms with E-state index < -0.39 is 11.5 Å². The Morgan fingerprint density at radius 3 is 3.00 bits per heavy atom. The van der Waals surface area contributed by atoms with Gasteiger partial charge in [0.05, 0.1) is 6.33 Å². The standard InChI is InChI=1S/C7H5N3O2/c8-6(11)2-1-5-3-9-4-10-7(5)12/h3-4H,(H2,8,11)(H,9,10,12). The number of hydrogen-bond donors (Lipinski definition) is 2. The van der Waals surface area contributed by atoms with E-state index in [4.69, 9.17) is 5.73 Å². The average molecular weight is 163 g/mol. The summed E-state index contributed by atoms with van der Waals surface area (Å²) >= 11 is 0. The number of aromatic nitrogens is 2. The lowest BCUT2D eigenvalue weighted by atomic mass is 10.3. The van der Waals surface area contributed by atoms with Crippen molar-refractivity contribution in [3.8, 4) is 11.8 Å². The van der Waals surface area contributed by atoms with Gasteiger partial charge in [0.1, 0.15) is 5.56 Å². The average Bonchev–Trinajstić information content (AvgIpc) is 2.03. The maximum atomic E-state index is 10.9. The Morgan fingerprint density at radius 1 is 1.67 bits per heavy atom. The molecule has 3 N–H and O–H groups in total. The molecule has 0 aliphatic carbocycles. The van der Waals surface area contributed by atoms with E-state index in [1.807, 2.05) is 5.92 Å². The molecule has 0 saturated carbocycles. The van der Waals surface area contributed by atoms with Crippen LogP contribution >= 0.6 is 0 Å². The zero-order valence-corrected chi connectivity index (χ0v) is 6.00. The smallest absolute Gasteiger partial charge is 0.293 e. The molecular weight excluding hydrogens is 158 g/mol. The minimum atomic E-state index is -0.779. The molecule has 1 rings (SSSR count). The predicted octanol–water partition coefficient (Wildman–Crippen LogP) is -1.39. The van der Waals surface area contributed by atoms with E-state index in [2.05, 4.69) is 15.9 Å². The zero-order chi connectivity index (χ0) is 8.97. The van der Waals surface area contributed by atoms with Crippen LogP contribution in [0.15, 0.2) is 17.3 Å². The van der Waals surface area contributed by atoms with Gasteiger partial charge in [0, 0.05) is 12.1 Å². The van der Waals surface area contributed by atoms with Gasteiger partial charge >= 0.3 is 0 Å². The highest BCUT2D eigenvalue weighted by molar-refractivity contribution is 5.92. The number of amides is 1. The number of rotatable bonds is 0. The van der Waals surface area contributed by atoms with Crippen LogP contribution in [0, 0.1) is 11.8 Å². The first kappa shape index (κ1) is 8.01. The van der Waals surface area contributed by atoms with E-state index in [0.29, 0.717) is 0 Å². The summed E-state index contributed by atoms with van der Waals surface area (Å²) in [4.78, 5) is 27.0. The molecule has 1 aromatic rings. The van der Waals surface area contributed by atoms with Gasteiger partial charge in [-0.25, -0.2) is 4.98 Å². The van der Waals surface area contributed by atoms with Gasteiger partial charge in [-0.15, -0.1) is 0 Å². The van der Waals surface area contributed by atoms with Crippen LogP contribution in [-0.4, -0.2) is 15.9 Å². The Bertz CT molecular complexity index is 410. The predicted molar refractivity (Wildman–Crippen MR) is 40.9 cm³/mol. The summed E-state index contributed by atoms with van der Waals surface area (Å²) in [5, 5.41) is 0. The highest BCUT2D eigenvalue weighted by atomic mass is 16.1. The monoisotopic (exact) mass is 163 g/mol. The van der Waals surface area contributed by atoms with Crippen molar-refractivity contribution in [3.05, 3.63) is 28.4 Å². The molecule has 0 bridgehead atoms. The van der Waals surface area contributed by atoms with Crippen LogP contribution in [0.25, 0.3) is 0 Å². The molecule has 0 radical (unpaired) electrons. The Kier molecular flexibility index (Phi) is 2.23. The number of H-pyrrole nitrogens is 1. The van der Waals surface area contributed by atoms with Crippen LogP contribution in [-0.2, 0) is 4.79 Å². The van der Waals surface area contributed by atoms with Crippen molar-refractivity contribution in [2.24, 2.45) is 5.73 Å². The summed E-state index contributed by atoms with van der Waals surface area (Å²) in [6.07, 6.45) is 2.49. The van der Waals surface area contributed by atoms with Crippen LogP contribution in [0.4, 0.5) is 0 Å². The summed E-state index contributed by atoms with van der Waals surface area (Å²) in [7, 11) is 0. The van der Waals surface area contributed by atoms with Gasteiger partial charge in [0.15, 0.2) is 0 Å². The minimum Gasteiger partial charge on any atom is -0.359 e. The Morgan fingerprint density at radius 2 is 2.42 bits per heavy atom. The molecule has 12 heavy (non-hydrogen) atoms. The van der Waals surface area contributed by atoms with Crippen molar-refractivity contribution in [3.63, 3.8) is 0 Å². The van der Waals surface area contributed by atoms with Gasteiger partial charge in [-0.05, 0) is 5.92 Å². The maximum absolute atomic E-state index is 10.9. The van der Waals surface area contributed by atoms with E-state index in [1.165, 1.54) is 12.5 Å². The summed E-state index contributed by atoms with van der Waals surface area (Å²) in [5.41, 5.74) is 4.48. The number of aromatic amines is 1. The van der Waals surface area contributed by atoms with E-state index in [-0.39, 0.29) is 5.56 Å². The van der Waals surface area contributed by atoms with Gasteiger partial charge in [-0.3, -0.25) is 9.59 Å². The van der Waals surface area contributed by atoms with Crippen LogP contribution in [0.2, 0.25) is 0 Å². The molecule has 0 spiro atoms. The van der Waals surface area contributed by atoms with Gasteiger partial charge < -0.3 is 10.7 Å². The van der Waals surface area contributed by atoms with Crippen molar-refractivity contribution in [1.29, 1.82) is 0 Å². The van der Waals surface area contributed by atoms with Gasteiger partial charge in [0.2, 0.25) is 0 Å². The topological polar surface area (TPSA) is 88.8 Å². The van der Waals surface area contributed by atoms with E-state index in [0.717, 1.165) is 0 Å². The lowest BCUT2D eigenvalue weighted by molar-refractivity contribution is -0.112. The second-order valence-corrected chi connectivity index (χ2v) is 1.91. The first-order valence-corrected chi connectivity index (χ1v) is 3.04. The number of carbonyl (C=O) groups is 1. The molecule has 0 aliphatic heterocycles. The number of nitrogens with one attached hydrogen (secondary N) is 1. The highest BCUT2D eigenvalue weighted by Crippen LogP contribution is 1.79. The van der Waals surface area contributed by atoms with Gasteiger partial charge in [-0.2, -0.15) is 0 Å². The quantitative estimate of drug-likeness (QED) is 0.461. The van der Waals surface area contributed by atoms with E-state index in [9.17, 15) is 9.59 Å². The van der Waals surface area contributed by atoms with Crippen molar-refractivity contribution in [2.75, 3.05) is 0 Å². The molecule has 1 heterocycles. The van der Waals surface area contributed by atoms with Crippen molar-refractivity contribution < 1.29 is 4.79 Å². The molecule has 5 heteroatoms. The molecule has 0 aliphatic rings. The number of nitrogens with zero attached hydrogens (tertiary/aromatic N) is 1. The number of nitrogens with two attached hydrogens (primary N) is 1. The van der Waals surface area contributed by atoms with Crippen LogP contribution in [0.5, 0.6) is 0 Å². The zero-order valence-electron chi connectivity index (χ0n) is 6.00. The summed E-state index contributed by atoms with van der Waals surface area (Å²) in [5.74, 6) is 3.53. The third kappa shape index (κ3) is 1.95. The van der Waals surface area contributed by atoms with Crippen LogP contribution in [0.1, 0.15) is 5.56 Å². The molecule has 5 nitrogen and oxygen atoms in total. The molecule has 0 fully saturated rings. The Balaban J connectivity index is 3.08.